The molecule has 52 heavy (non-hydrogen) atoms. The number of nitrogens with zero attached hydrogens (tertiary/aromatic N) is 1. The molecule has 1 aromatic heterocycles. The Morgan fingerprint density at radius 3 is 1.63 bits per heavy atom. The lowest BCUT2D eigenvalue weighted by Crippen LogP contribution is -2.11. The Kier molecular flexibility index (Phi) is 7.18. The minimum atomic E-state index is 0.879. The third-order valence-corrected chi connectivity index (χ3v) is 10.3. The molecule has 0 spiro atoms. The molecule has 10 rings (SSSR count). The van der Waals surface area contributed by atoms with E-state index in [1.807, 2.05) is 0 Å². The van der Waals surface area contributed by atoms with Gasteiger partial charge in [0.25, 0.3) is 0 Å². The Morgan fingerprint density at radius 2 is 0.865 bits per heavy atom. The zero-order valence-electron chi connectivity index (χ0n) is 28.4. The maximum Gasteiger partial charge on any atom is 0.136 e. The molecule has 244 valence electrons. The number of fused-ring (bicyclic) bond motifs is 5. The van der Waals surface area contributed by atoms with Crippen molar-refractivity contribution in [3.63, 3.8) is 0 Å². The van der Waals surface area contributed by atoms with E-state index >= 15 is 0 Å². The van der Waals surface area contributed by atoms with E-state index in [4.69, 9.17) is 4.42 Å². The van der Waals surface area contributed by atoms with Crippen LogP contribution in [0.25, 0.3) is 76.9 Å². The van der Waals surface area contributed by atoms with Crippen LogP contribution in [0, 0.1) is 0 Å². The van der Waals surface area contributed by atoms with Crippen molar-refractivity contribution in [2.24, 2.45) is 0 Å². The number of rotatable bonds is 6. The van der Waals surface area contributed by atoms with Gasteiger partial charge in [0, 0.05) is 27.7 Å². The molecule has 0 atom stereocenters. The van der Waals surface area contributed by atoms with E-state index in [2.05, 4.69) is 205 Å². The number of hydrogen-bond acceptors (Lipinski definition) is 2. The molecule has 0 aliphatic rings. The third-order valence-electron chi connectivity index (χ3n) is 10.3. The van der Waals surface area contributed by atoms with Gasteiger partial charge in [-0.1, -0.05) is 152 Å². The summed E-state index contributed by atoms with van der Waals surface area (Å²) >= 11 is 0. The van der Waals surface area contributed by atoms with Crippen molar-refractivity contribution in [1.29, 1.82) is 0 Å². The molecule has 0 aliphatic carbocycles. The van der Waals surface area contributed by atoms with E-state index in [9.17, 15) is 0 Å². The summed E-state index contributed by atoms with van der Waals surface area (Å²) in [6.45, 7) is 0. The molecule has 0 saturated carbocycles. The van der Waals surface area contributed by atoms with Gasteiger partial charge in [-0.3, -0.25) is 0 Å². The number of para-hydroxylation sites is 1. The standard InChI is InChI=1S/C50H33NO/c1-3-13-34(14-4-1)35-23-25-39(26-24-35)51(40-27-30-49-47(33-40)46-31-37-17-7-8-18-38(37)32-50(46)52-49)48-22-12-11-21-45(48)44-29-28-41(36-15-5-2-6-16-36)42-19-9-10-20-43(42)44/h1-33H. The summed E-state index contributed by atoms with van der Waals surface area (Å²) in [5.41, 5.74) is 12.2. The van der Waals surface area contributed by atoms with Gasteiger partial charge < -0.3 is 9.32 Å². The van der Waals surface area contributed by atoms with Crippen LogP contribution in [-0.2, 0) is 0 Å². The Balaban J connectivity index is 1.19. The lowest BCUT2D eigenvalue weighted by atomic mass is 9.91. The Labute approximate surface area is 302 Å². The van der Waals surface area contributed by atoms with Crippen molar-refractivity contribution < 1.29 is 4.42 Å². The molecule has 0 amide bonds. The molecule has 0 radical (unpaired) electrons. The summed E-state index contributed by atoms with van der Waals surface area (Å²) < 4.78 is 6.44. The Bertz CT molecular complexity index is 2890. The molecule has 0 aliphatic heterocycles. The summed E-state index contributed by atoms with van der Waals surface area (Å²) in [6.07, 6.45) is 0. The number of anilines is 3. The molecule has 2 nitrogen and oxygen atoms in total. The summed E-state index contributed by atoms with van der Waals surface area (Å²) in [4.78, 5) is 2.39. The predicted octanol–water partition coefficient (Wildman–Crippen LogP) is 14.4. The Morgan fingerprint density at radius 1 is 0.308 bits per heavy atom. The van der Waals surface area contributed by atoms with Gasteiger partial charge in [0.2, 0.25) is 0 Å². The smallest absolute Gasteiger partial charge is 0.136 e. The van der Waals surface area contributed by atoms with Gasteiger partial charge in [0.1, 0.15) is 11.2 Å². The fourth-order valence-electron chi connectivity index (χ4n) is 7.75. The lowest BCUT2D eigenvalue weighted by Gasteiger charge is -2.28. The van der Waals surface area contributed by atoms with Crippen LogP contribution < -0.4 is 4.90 Å². The van der Waals surface area contributed by atoms with Crippen LogP contribution in [0.15, 0.2) is 205 Å². The highest BCUT2D eigenvalue weighted by atomic mass is 16.3. The molecule has 0 saturated heterocycles. The van der Waals surface area contributed by atoms with Crippen molar-refractivity contribution in [3.8, 4) is 33.4 Å². The first kappa shape index (κ1) is 30.0. The monoisotopic (exact) mass is 663 g/mol. The van der Waals surface area contributed by atoms with Crippen LogP contribution in [0.4, 0.5) is 17.1 Å². The van der Waals surface area contributed by atoms with E-state index in [0.717, 1.165) is 44.6 Å². The Hall–Kier alpha value is -6.90. The van der Waals surface area contributed by atoms with Gasteiger partial charge in [-0.25, -0.2) is 0 Å². The summed E-state index contributed by atoms with van der Waals surface area (Å²) in [5.74, 6) is 0. The number of furan rings is 1. The fraction of sp³-hybridized carbons (Fsp3) is 0. The second-order valence-corrected chi connectivity index (χ2v) is 13.3. The van der Waals surface area contributed by atoms with Gasteiger partial charge in [-0.05, 0) is 97.9 Å². The molecule has 0 unspecified atom stereocenters. The molecule has 1 heterocycles. The summed E-state index contributed by atoms with van der Waals surface area (Å²) in [5, 5.41) is 7.05. The molecule has 0 N–H and O–H groups in total. The van der Waals surface area contributed by atoms with Crippen molar-refractivity contribution in [3.05, 3.63) is 200 Å². The topological polar surface area (TPSA) is 16.4 Å². The van der Waals surface area contributed by atoms with E-state index in [-0.39, 0.29) is 0 Å². The first-order valence-electron chi connectivity index (χ1n) is 17.8. The van der Waals surface area contributed by atoms with Crippen LogP contribution >= 0.6 is 0 Å². The quantitative estimate of drug-likeness (QED) is 0.176. The molecule has 10 aromatic rings. The lowest BCUT2D eigenvalue weighted by molar-refractivity contribution is 0.669. The number of hydrogen-bond donors (Lipinski definition) is 0. The van der Waals surface area contributed by atoms with Crippen LogP contribution in [0.3, 0.4) is 0 Å². The van der Waals surface area contributed by atoms with Gasteiger partial charge in [-0.15, -0.1) is 0 Å². The van der Waals surface area contributed by atoms with Crippen LogP contribution in [0.2, 0.25) is 0 Å². The minimum Gasteiger partial charge on any atom is -0.456 e. The largest absolute Gasteiger partial charge is 0.456 e. The van der Waals surface area contributed by atoms with Gasteiger partial charge >= 0.3 is 0 Å². The maximum absolute atomic E-state index is 6.44. The molecule has 9 aromatic carbocycles. The minimum absolute atomic E-state index is 0.879. The van der Waals surface area contributed by atoms with Crippen molar-refractivity contribution in [2.75, 3.05) is 4.90 Å². The van der Waals surface area contributed by atoms with Crippen molar-refractivity contribution >= 4 is 60.5 Å². The van der Waals surface area contributed by atoms with Crippen molar-refractivity contribution in [2.45, 2.75) is 0 Å². The van der Waals surface area contributed by atoms with Crippen LogP contribution in [-0.4, -0.2) is 0 Å². The summed E-state index contributed by atoms with van der Waals surface area (Å²) in [6, 6.07) is 71.8. The summed E-state index contributed by atoms with van der Waals surface area (Å²) in [7, 11) is 0. The van der Waals surface area contributed by atoms with Crippen LogP contribution in [0.5, 0.6) is 0 Å². The van der Waals surface area contributed by atoms with Crippen molar-refractivity contribution in [1.82, 2.24) is 0 Å². The predicted molar refractivity (Wildman–Crippen MR) is 220 cm³/mol. The van der Waals surface area contributed by atoms with E-state index in [1.165, 1.54) is 49.4 Å². The first-order valence-corrected chi connectivity index (χ1v) is 17.8. The third kappa shape index (κ3) is 5.12. The van der Waals surface area contributed by atoms with E-state index in [0.29, 0.717) is 0 Å². The van der Waals surface area contributed by atoms with E-state index < -0.39 is 0 Å². The van der Waals surface area contributed by atoms with E-state index in [1.54, 1.807) is 0 Å². The van der Waals surface area contributed by atoms with Gasteiger partial charge in [-0.2, -0.15) is 0 Å². The molecular formula is C50H33NO. The second kappa shape index (κ2) is 12.5. The molecule has 0 bridgehead atoms. The molecular weight excluding hydrogens is 631 g/mol. The zero-order chi connectivity index (χ0) is 34.4. The highest BCUT2D eigenvalue weighted by Crippen LogP contribution is 2.45. The SMILES string of the molecule is c1ccc(-c2ccc(N(c3ccc4oc5cc6ccccc6cc5c4c3)c3ccccc3-c3ccc(-c4ccccc4)c4ccccc34)cc2)cc1. The highest BCUT2D eigenvalue weighted by Gasteiger charge is 2.21. The van der Waals surface area contributed by atoms with Gasteiger partial charge in [0.05, 0.1) is 5.69 Å². The normalized spacial score (nSPS) is 11.5. The molecule has 2 heteroatoms. The fourth-order valence-corrected chi connectivity index (χ4v) is 7.75. The maximum atomic E-state index is 6.44. The van der Waals surface area contributed by atoms with Crippen LogP contribution in [0.1, 0.15) is 0 Å². The zero-order valence-corrected chi connectivity index (χ0v) is 28.4. The van der Waals surface area contributed by atoms with Gasteiger partial charge in [0.15, 0.2) is 0 Å². The highest BCUT2D eigenvalue weighted by molar-refractivity contribution is 6.12. The molecule has 0 fully saturated rings. The first-order chi connectivity index (χ1) is 25.8. The average Bonchev–Trinajstić information content (AvgIpc) is 3.57. The number of benzene rings is 9. The average molecular weight is 664 g/mol. The second-order valence-electron chi connectivity index (χ2n) is 13.3.